The zero-order valence-corrected chi connectivity index (χ0v) is 25.3. The van der Waals surface area contributed by atoms with Crippen LogP contribution in [0.25, 0.3) is 0 Å². The van der Waals surface area contributed by atoms with E-state index in [1.165, 1.54) is 12.1 Å². The van der Waals surface area contributed by atoms with E-state index in [4.69, 9.17) is 16.3 Å². The summed E-state index contributed by atoms with van der Waals surface area (Å²) in [4.78, 5) is 30.1. The van der Waals surface area contributed by atoms with E-state index in [0.717, 1.165) is 50.3 Å². The number of aromatic nitrogens is 2. The molecule has 3 heterocycles. The quantitative estimate of drug-likeness (QED) is 0.350. The number of piperidine rings is 1. The van der Waals surface area contributed by atoms with Crippen molar-refractivity contribution in [1.82, 2.24) is 20.0 Å². The summed E-state index contributed by atoms with van der Waals surface area (Å²) in [5.41, 5.74) is 2.82. The highest BCUT2D eigenvalue weighted by Crippen LogP contribution is 2.38. The standard InChI is InChI=1S/C31H38ClFN6O3/c1-31(2,3)11-14-38-12-9-24(10-13-38)42-30(41)34-17-21-6-5-20(15-25(21)33)29(40)39-19-22-18-35-37(4)28(22)36-26-16-23(32)7-8-27(26)39/h5-8,15-16,18,24,36H,9-14,17,19H2,1-4H3,(H,34,41). The number of amides is 2. The van der Waals surface area contributed by atoms with E-state index in [2.05, 4.69) is 41.4 Å². The van der Waals surface area contributed by atoms with Crippen molar-refractivity contribution in [3.05, 3.63) is 70.1 Å². The lowest BCUT2D eigenvalue weighted by Crippen LogP contribution is -2.40. The number of aryl methyl sites for hydroxylation is 1. The summed E-state index contributed by atoms with van der Waals surface area (Å²) in [5, 5.41) is 10.8. The molecule has 0 aliphatic carbocycles. The average molecular weight is 597 g/mol. The molecule has 0 bridgehead atoms. The van der Waals surface area contributed by atoms with Gasteiger partial charge in [-0.25, -0.2) is 9.18 Å². The van der Waals surface area contributed by atoms with Gasteiger partial charge in [-0.1, -0.05) is 38.4 Å². The summed E-state index contributed by atoms with van der Waals surface area (Å²) >= 11 is 6.23. The van der Waals surface area contributed by atoms with E-state index < -0.39 is 11.9 Å². The molecule has 0 spiro atoms. The molecular weight excluding hydrogens is 559 g/mol. The smallest absolute Gasteiger partial charge is 0.407 e. The molecule has 0 radical (unpaired) electrons. The van der Waals surface area contributed by atoms with Crippen LogP contribution >= 0.6 is 11.6 Å². The lowest BCUT2D eigenvalue weighted by Gasteiger charge is -2.33. The molecule has 224 valence electrons. The fourth-order valence-corrected chi connectivity index (χ4v) is 5.42. The number of carbonyl (C=O) groups is 2. The van der Waals surface area contributed by atoms with E-state index in [0.29, 0.717) is 21.8 Å². The second-order valence-electron chi connectivity index (χ2n) is 12.2. The van der Waals surface area contributed by atoms with Gasteiger partial charge in [0.25, 0.3) is 5.91 Å². The summed E-state index contributed by atoms with van der Waals surface area (Å²) in [6.07, 6.45) is 3.66. The number of carbonyl (C=O) groups excluding carboxylic acids is 2. The number of nitrogens with one attached hydrogen (secondary N) is 2. The first-order chi connectivity index (χ1) is 20.0. The maximum Gasteiger partial charge on any atom is 0.407 e. The number of likely N-dealkylation sites (tertiary alicyclic amines) is 1. The van der Waals surface area contributed by atoms with Gasteiger partial charge in [-0.15, -0.1) is 0 Å². The van der Waals surface area contributed by atoms with Crippen LogP contribution in [0.4, 0.5) is 26.4 Å². The summed E-state index contributed by atoms with van der Waals surface area (Å²) in [7, 11) is 1.81. The molecule has 1 aromatic heterocycles. The Balaban J connectivity index is 1.19. The van der Waals surface area contributed by atoms with Gasteiger partial charge >= 0.3 is 6.09 Å². The number of hydrogen-bond acceptors (Lipinski definition) is 6. The molecule has 0 unspecified atom stereocenters. The minimum Gasteiger partial charge on any atom is -0.446 e. The fourth-order valence-electron chi connectivity index (χ4n) is 5.25. The van der Waals surface area contributed by atoms with Crippen molar-refractivity contribution in [2.45, 2.75) is 59.2 Å². The minimum absolute atomic E-state index is 0.0441. The lowest BCUT2D eigenvalue weighted by atomic mass is 9.91. The first-order valence-corrected chi connectivity index (χ1v) is 14.7. The van der Waals surface area contributed by atoms with E-state index in [-0.39, 0.29) is 36.2 Å². The molecule has 42 heavy (non-hydrogen) atoms. The monoisotopic (exact) mass is 596 g/mol. The van der Waals surface area contributed by atoms with Crippen molar-refractivity contribution in [3.63, 3.8) is 0 Å². The molecule has 2 N–H and O–H groups in total. The van der Waals surface area contributed by atoms with Crippen LogP contribution in [0.15, 0.2) is 42.6 Å². The largest absolute Gasteiger partial charge is 0.446 e. The number of fused-ring (bicyclic) bond motifs is 2. The second-order valence-corrected chi connectivity index (χ2v) is 12.7. The number of hydrogen-bond donors (Lipinski definition) is 2. The summed E-state index contributed by atoms with van der Waals surface area (Å²) < 4.78 is 22.4. The Hall–Kier alpha value is -3.63. The molecule has 11 heteroatoms. The zero-order valence-electron chi connectivity index (χ0n) is 24.5. The van der Waals surface area contributed by atoms with Crippen molar-refractivity contribution in [2.75, 3.05) is 29.9 Å². The number of halogens is 2. The number of nitrogens with zero attached hydrogens (tertiary/aromatic N) is 4. The Bertz CT molecular complexity index is 1460. The van der Waals surface area contributed by atoms with E-state index in [9.17, 15) is 9.59 Å². The van der Waals surface area contributed by atoms with Crippen molar-refractivity contribution >= 4 is 40.8 Å². The third-order valence-corrected chi connectivity index (χ3v) is 8.04. The van der Waals surface area contributed by atoms with Gasteiger partial charge in [-0.05, 0) is 61.6 Å². The molecule has 2 aliphatic rings. The molecule has 1 fully saturated rings. The lowest BCUT2D eigenvalue weighted by molar-refractivity contribution is 0.0479. The van der Waals surface area contributed by atoms with Gasteiger partial charge in [0.2, 0.25) is 0 Å². The number of benzene rings is 2. The molecule has 0 atom stereocenters. The molecule has 2 amide bonds. The molecular formula is C31H38ClFN6O3. The highest BCUT2D eigenvalue weighted by Gasteiger charge is 2.28. The van der Waals surface area contributed by atoms with Crippen LogP contribution in [0.1, 0.15) is 61.5 Å². The van der Waals surface area contributed by atoms with Crippen LogP contribution in [-0.2, 0) is 24.9 Å². The van der Waals surface area contributed by atoms with Gasteiger partial charge in [-0.2, -0.15) is 5.10 Å². The highest BCUT2D eigenvalue weighted by atomic mass is 35.5. The van der Waals surface area contributed by atoms with Crippen LogP contribution in [0.5, 0.6) is 0 Å². The molecule has 3 aromatic rings. The first kappa shape index (κ1) is 29.8. The number of alkyl carbamates (subject to hydrolysis) is 1. The molecule has 5 rings (SSSR count). The van der Waals surface area contributed by atoms with E-state index in [1.54, 1.807) is 40.0 Å². The Kier molecular flexibility index (Phi) is 8.75. The van der Waals surface area contributed by atoms with Gasteiger partial charge in [0.05, 0.1) is 24.1 Å². The normalized spacial score (nSPS) is 15.8. The summed E-state index contributed by atoms with van der Waals surface area (Å²) in [6.45, 7) is 9.75. The fraction of sp³-hybridized carbons (Fsp3) is 0.452. The SMILES string of the molecule is Cn1ncc2c1Nc1cc(Cl)ccc1N(C(=O)c1ccc(CNC(=O)OC3CCN(CCC(C)(C)C)CC3)c(F)c1)C2. The third-order valence-electron chi connectivity index (χ3n) is 7.80. The predicted octanol–water partition coefficient (Wildman–Crippen LogP) is 6.24. The Morgan fingerprint density at radius 1 is 1.17 bits per heavy atom. The Labute approximate surface area is 251 Å². The van der Waals surface area contributed by atoms with Crippen molar-refractivity contribution in [1.29, 1.82) is 0 Å². The summed E-state index contributed by atoms with van der Waals surface area (Å²) in [6, 6.07) is 9.50. The van der Waals surface area contributed by atoms with Crippen LogP contribution in [-0.4, -0.2) is 52.4 Å². The maximum atomic E-state index is 15.1. The van der Waals surface area contributed by atoms with Gasteiger partial charge < -0.3 is 25.2 Å². The van der Waals surface area contributed by atoms with Crippen molar-refractivity contribution < 1.29 is 18.7 Å². The second kappa shape index (κ2) is 12.3. The van der Waals surface area contributed by atoms with Crippen molar-refractivity contribution in [3.8, 4) is 0 Å². The molecule has 1 saturated heterocycles. The molecule has 2 aromatic carbocycles. The van der Waals surface area contributed by atoms with E-state index >= 15 is 4.39 Å². The van der Waals surface area contributed by atoms with Crippen LogP contribution in [0, 0.1) is 11.2 Å². The average Bonchev–Trinajstić information content (AvgIpc) is 3.19. The molecule has 0 saturated carbocycles. The van der Waals surface area contributed by atoms with Crippen LogP contribution < -0.4 is 15.5 Å². The minimum atomic E-state index is -0.584. The van der Waals surface area contributed by atoms with Crippen molar-refractivity contribution in [2.24, 2.45) is 12.5 Å². The summed E-state index contributed by atoms with van der Waals surface area (Å²) in [5.74, 6) is -0.206. The number of rotatable bonds is 6. The van der Waals surface area contributed by atoms with Crippen LogP contribution in [0.2, 0.25) is 5.02 Å². The highest BCUT2D eigenvalue weighted by molar-refractivity contribution is 6.31. The first-order valence-electron chi connectivity index (χ1n) is 14.3. The van der Waals surface area contributed by atoms with Gasteiger partial charge in [0.1, 0.15) is 17.7 Å². The zero-order chi connectivity index (χ0) is 30.0. The Morgan fingerprint density at radius 3 is 2.64 bits per heavy atom. The third kappa shape index (κ3) is 7.04. The van der Waals surface area contributed by atoms with Crippen LogP contribution in [0.3, 0.4) is 0 Å². The molecule has 9 nitrogen and oxygen atoms in total. The molecule has 2 aliphatic heterocycles. The van der Waals surface area contributed by atoms with Gasteiger partial charge in [-0.3, -0.25) is 9.48 Å². The number of anilines is 3. The number of ether oxygens (including phenoxy) is 1. The van der Waals surface area contributed by atoms with E-state index in [1.807, 2.05) is 7.05 Å². The van der Waals surface area contributed by atoms with Gasteiger partial charge in [0.15, 0.2) is 0 Å². The van der Waals surface area contributed by atoms with Gasteiger partial charge in [0, 0.05) is 48.4 Å². The maximum absolute atomic E-state index is 15.1. The Morgan fingerprint density at radius 2 is 1.93 bits per heavy atom. The topological polar surface area (TPSA) is 91.7 Å². The predicted molar refractivity (Wildman–Crippen MR) is 162 cm³/mol.